The third kappa shape index (κ3) is 4.81. The first-order chi connectivity index (χ1) is 11.5. The second kappa shape index (κ2) is 8.10. The first-order valence-corrected chi connectivity index (χ1v) is 7.76. The topological polar surface area (TPSA) is 81.5 Å². The van der Waals surface area contributed by atoms with E-state index in [0.29, 0.717) is 17.0 Å². The average Bonchev–Trinajstić information content (AvgIpc) is 2.56. The van der Waals surface area contributed by atoms with E-state index >= 15 is 0 Å². The fourth-order valence-corrected chi connectivity index (χ4v) is 2.27. The summed E-state index contributed by atoms with van der Waals surface area (Å²) >= 11 is 0. The number of nitrogens with zero attached hydrogens (tertiary/aromatic N) is 1. The Hall–Kier alpha value is -2.89. The standard InChI is InChI=1S/C18H20N2O4/c1-3-4-14-6-9-16(10-7-14)24-12-18(21)19-15-8-5-13(2)17(11-15)20(22)23/h5-11H,3-4,12H2,1-2H3,(H,19,21). The Kier molecular flexibility index (Phi) is 5.89. The highest BCUT2D eigenvalue weighted by Gasteiger charge is 2.12. The molecule has 0 aliphatic carbocycles. The molecular weight excluding hydrogens is 308 g/mol. The van der Waals surface area contributed by atoms with Crippen LogP contribution in [0.5, 0.6) is 5.75 Å². The predicted molar refractivity (Wildman–Crippen MR) is 92.4 cm³/mol. The molecule has 0 spiro atoms. The van der Waals surface area contributed by atoms with Gasteiger partial charge in [-0.15, -0.1) is 0 Å². The van der Waals surface area contributed by atoms with Gasteiger partial charge in [-0.3, -0.25) is 14.9 Å². The zero-order valence-corrected chi connectivity index (χ0v) is 13.7. The minimum atomic E-state index is -0.473. The maximum atomic E-state index is 11.9. The van der Waals surface area contributed by atoms with Crippen LogP contribution < -0.4 is 10.1 Å². The molecule has 24 heavy (non-hydrogen) atoms. The van der Waals surface area contributed by atoms with E-state index in [4.69, 9.17) is 4.74 Å². The third-order valence-electron chi connectivity index (χ3n) is 3.52. The van der Waals surface area contributed by atoms with Crippen LogP contribution in [0.3, 0.4) is 0 Å². The largest absolute Gasteiger partial charge is 0.484 e. The highest BCUT2D eigenvalue weighted by atomic mass is 16.6. The fourth-order valence-electron chi connectivity index (χ4n) is 2.27. The molecule has 0 saturated heterocycles. The van der Waals surface area contributed by atoms with Gasteiger partial charge in [-0.25, -0.2) is 0 Å². The van der Waals surface area contributed by atoms with Crippen molar-refractivity contribution in [2.24, 2.45) is 0 Å². The molecule has 1 amide bonds. The Morgan fingerprint density at radius 3 is 2.54 bits per heavy atom. The minimum Gasteiger partial charge on any atom is -0.484 e. The predicted octanol–water partition coefficient (Wildman–Crippen LogP) is 3.87. The number of amides is 1. The number of carbonyl (C=O) groups is 1. The van der Waals surface area contributed by atoms with Gasteiger partial charge in [0.2, 0.25) is 0 Å². The zero-order chi connectivity index (χ0) is 17.5. The van der Waals surface area contributed by atoms with Crippen molar-refractivity contribution in [3.63, 3.8) is 0 Å². The van der Waals surface area contributed by atoms with Crippen molar-refractivity contribution in [1.82, 2.24) is 0 Å². The van der Waals surface area contributed by atoms with Crippen molar-refractivity contribution in [2.75, 3.05) is 11.9 Å². The van der Waals surface area contributed by atoms with Gasteiger partial charge in [0.05, 0.1) is 4.92 Å². The van der Waals surface area contributed by atoms with Gasteiger partial charge in [0, 0.05) is 17.3 Å². The molecule has 0 atom stereocenters. The number of nitro benzene ring substituents is 1. The van der Waals surface area contributed by atoms with Gasteiger partial charge in [-0.05, 0) is 37.1 Å². The maximum absolute atomic E-state index is 11.9. The molecule has 0 radical (unpaired) electrons. The van der Waals surface area contributed by atoms with Crippen LogP contribution in [0.2, 0.25) is 0 Å². The van der Waals surface area contributed by atoms with Crippen molar-refractivity contribution in [3.05, 3.63) is 63.7 Å². The van der Waals surface area contributed by atoms with Gasteiger partial charge >= 0.3 is 0 Å². The molecule has 2 aromatic carbocycles. The molecule has 0 saturated carbocycles. The molecule has 0 aliphatic heterocycles. The van der Waals surface area contributed by atoms with Crippen molar-refractivity contribution in [1.29, 1.82) is 0 Å². The Labute approximate surface area is 140 Å². The normalized spacial score (nSPS) is 10.2. The zero-order valence-electron chi connectivity index (χ0n) is 13.7. The molecule has 1 N–H and O–H groups in total. The summed E-state index contributed by atoms with van der Waals surface area (Å²) in [5, 5.41) is 13.5. The van der Waals surface area contributed by atoms with Crippen LogP contribution in [0.25, 0.3) is 0 Å². The highest BCUT2D eigenvalue weighted by Crippen LogP contribution is 2.22. The van der Waals surface area contributed by atoms with Gasteiger partial charge in [-0.1, -0.05) is 31.5 Å². The SMILES string of the molecule is CCCc1ccc(OCC(=O)Nc2ccc(C)c([N+](=O)[O-])c2)cc1. The van der Waals surface area contributed by atoms with E-state index in [0.717, 1.165) is 12.8 Å². The second-order valence-corrected chi connectivity index (χ2v) is 5.49. The second-order valence-electron chi connectivity index (χ2n) is 5.49. The van der Waals surface area contributed by atoms with Gasteiger partial charge in [-0.2, -0.15) is 0 Å². The van der Waals surface area contributed by atoms with Crippen LogP contribution in [0.4, 0.5) is 11.4 Å². The van der Waals surface area contributed by atoms with Crippen LogP contribution in [-0.4, -0.2) is 17.4 Å². The van der Waals surface area contributed by atoms with E-state index in [1.54, 1.807) is 19.1 Å². The summed E-state index contributed by atoms with van der Waals surface area (Å²) < 4.78 is 5.43. The summed E-state index contributed by atoms with van der Waals surface area (Å²) in [5.74, 6) is 0.241. The summed E-state index contributed by atoms with van der Waals surface area (Å²) in [6.45, 7) is 3.61. The number of nitro groups is 1. The van der Waals surface area contributed by atoms with Gasteiger partial charge in [0.25, 0.3) is 11.6 Å². The molecule has 6 nitrogen and oxygen atoms in total. The van der Waals surface area contributed by atoms with Gasteiger partial charge in [0.1, 0.15) is 5.75 Å². The number of nitrogens with one attached hydrogen (secondary N) is 1. The van der Waals surface area contributed by atoms with E-state index in [1.165, 1.54) is 11.6 Å². The molecule has 0 bridgehead atoms. The van der Waals surface area contributed by atoms with Crippen LogP contribution in [0.1, 0.15) is 24.5 Å². The summed E-state index contributed by atoms with van der Waals surface area (Å²) in [4.78, 5) is 22.4. The molecule has 2 rings (SSSR count). The van der Waals surface area contributed by atoms with Crippen LogP contribution in [0.15, 0.2) is 42.5 Å². The van der Waals surface area contributed by atoms with E-state index in [2.05, 4.69) is 12.2 Å². The lowest BCUT2D eigenvalue weighted by atomic mass is 10.1. The fraction of sp³-hybridized carbons (Fsp3) is 0.278. The summed E-state index contributed by atoms with van der Waals surface area (Å²) in [6, 6.07) is 12.2. The highest BCUT2D eigenvalue weighted by molar-refractivity contribution is 5.92. The van der Waals surface area contributed by atoms with E-state index in [-0.39, 0.29) is 18.2 Å². The Bertz CT molecular complexity index is 726. The van der Waals surface area contributed by atoms with Gasteiger partial charge < -0.3 is 10.1 Å². The monoisotopic (exact) mass is 328 g/mol. The number of rotatable bonds is 7. The molecule has 2 aromatic rings. The Morgan fingerprint density at radius 2 is 1.92 bits per heavy atom. The number of benzene rings is 2. The lowest BCUT2D eigenvalue weighted by Crippen LogP contribution is -2.20. The molecular formula is C18H20N2O4. The molecule has 0 aromatic heterocycles. The number of anilines is 1. The average molecular weight is 328 g/mol. The summed E-state index contributed by atoms with van der Waals surface area (Å²) in [7, 11) is 0. The lowest BCUT2D eigenvalue weighted by molar-refractivity contribution is -0.385. The number of carbonyl (C=O) groups excluding carboxylic acids is 1. The van der Waals surface area contributed by atoms with Crippen molar-refractivity contribution < 1.29 is 14.5 Å². The van der Waals surface area contributed by atoms with Crippen LogP contribution >= 0.6 is 0 Å². The molecule has 126 valence electrons. The van der Waals surface area contributed by atoms with Gasteiger partial charge in [0.15, 0.2) is 6.61 Å². The van der Waals surface area contributed by atoms with Crippen molar-refractivity contribution in [3.8, 4) is 5.75 Å². The van der Waals surface area contributed by atoms with E-state index in [1.807, 2.05) is 24.3 Å². The van der Waals surface area contributed by atoms with Crippen LogP contribution in [0, 0.1) is 17.0 Å². The van der Waals surface area contributed by atoms with Crippen molar-refractivity contribution >= 4 is 17.3 Å². The minimum absolute atomic E-state index is 0.0276. The Balaban J connectivity index is 1.91. The quantitative estimate of drug-likeness (QED) is 0.618. The number of aryl methyl sites for hydroxylation is 2. The third-order valence-corrected chi connectivity index (χ3v) is 3.52. The molecule has 0 aliphatic rings. The first kappa shape index (κ1) is 17.5. The van der Waals surface area contributed by atoms with E-state index in [9.17, 15) is 14.9 Å². The van der Waals surface area contributed by atoms with Crippen LogP contribution in [-0.2, 0) is 11.2 Å². The first-order valence-electron chi connectivity index (χ1n) is 7.76. The number of hydrogen-bond acceptors (Lipinski definition) is 4. The Morgan fingerprint density at radius 1 is 1.21 bits per heavy atom. The number of hydrogen-bond donors (Lipinski definition) is 1. The molecule has 0 unspecified atom stereocenters. The van der Waals surface area contributed by atoms with E-state index < -0.39 is 4.92 Å². The molecule has 6 heteroatoms. The smallest absolute Gasteiger partial charge is 0.274 e. The summed E-state index contributed by atoms with van der Waals surface area (Å²) in [5.41, 5.74) is 2.11. The lowest BCUT2D eigenvalue weighted by Gasteiger charge is -2.08. The molecule has 0 heterocycles. The number of ether oxygens (including phenoxy) is 1. The van der Waals surface area contributed by atoms with Crippen molar-refractivity contribution in [2.45, 2.75) is 26.7 Å². The molecule has 0 fully saturated rings. The summed E-state index contributed by atoms with van der Waals surface area (Å²) in [6.07, 6.45) is 2.08. The maximum Gasteiger partial charge on any atom is 0.274 e.